The molecule has 11 amide bonds. The zero-order valence-corrected chi connectivity index (χ0v) is 64.9. The van der Waals surface area contributed by atoms with E-state index in [-0.39, 0.29) is 75.5 Å². The fourth-order valence-electron chi connectivity index (χ4n) is 13.7. The summed E-state index contributed by atoms with van der Waals surface area (Å²) in [5.41, 5.74) is 15.8. The Morgan fingerprint density at radius 2 is 1.01 bits per heavy atom. The highest BCUT2D eigenvalue weighted by Gasteiger charge is 2.41. The van der Waals surface area contributed by atoms with Crippen LogP contribution in [-0.4, -0.2) is 183 Å². The number of aliphatic imine (C=N–C) groups is 1. The van der Waals surface area contributed by atoms with Crippen LogP contribution in [0, 0.1) is 5.92 Å². The van der Waals surface area contributed by atoms with Crippen LogP contribution in [0.2, 0.25) is 5.02 Å². The van der Waals surface area contributed by atoms with Crippen molar-refractivity contribution < 1.29 is 63.0 Å². The van der Waals surface area contributed by atoms with Crippen molar-refractivity contribution in [2.75, 3.05) is 26.2 Å². The molecule has 0 unspecified atom stereocenters. The number of phenolic OH excluding ortho intramolecular Hbond substituents is 1. The number of unbranched alkanes of at least 4 members (excludes halogenated alkanes) is 2. The van der Waals surface area contributed by atoms with Crippen molar-refractivity contribution in [1.82, 2.24) is 68.0 Å². The van der Waals surface area contributed by atoms with Gasteiger partial charge in [-0.25, -0.2) is 0 Å². The molecular weight excluding hydrogens is 1460 g/mol. The predicted octanol–water partition coefficient (Wildman–Crippen LogP) is 4.47. The summed E-state index contributed by atoms with van der Waals surface area (Å²) in [5, 5.41) is 53.1. The summed E-state index contributed by atoms with van der Waals surface area (Å²) in [6.07, 6.45) is 5.98. The number of nitrogens with zero attached hydrogens (tertiary/aromatic N) is 2. The molecule has 1 fully saturated rings. The van der Waals surface area contributed by atoms with Crippen molar-refractivity contribution in [1.29, 1.82) is 0 Å². The number of phenols is 1. The third-order valence-corrected chi connectivity index (χ3v) is 20.1. The summed E-state index contributed by atoms with van der Waals surface area (Å²) in [6.45, 7) is 8.42. The molecule has 1 saturated heterocycles. The molecule has 0 bridgehead atoms. The van der Waals surface area contributed by atoms with Crippen molar-refractivity contribution in [3.05, 3.63) is 185 Å². The minimum absolute atomic E-state index is 0.0287. The fourth-order valence-corrected chi connectivity index (χ4v) is 13.8. The van der Waals surface area contributed by atoms with Gasteiger partial charge in [0, 0.05) is 97.9 Å². The van der Waals surface area contributed by atoms with Gasteiger partial charge in [0.1, 0.15) is 66.2 Å². The van der Waals surface area contributed by atoms with Gasteiger partial charge in [-0.1, -0.05) is 142 Å². The molecule has 1 aliphatic rings. The third-order valence-electron chi connectivity index (χ3n) is 19.8. The van der Waals surface area contributed by atoms with Crippen molar-refractivity contribution in [2.45, 2.75) is 179 Å². The Kier molecular flexibility index (Phi) is 31.2. The molecule has 29 nitrogen and oxygen atoms in total. The van der Waals surface area contributed by atoms with E-state index in [4.69, 9.17) is 23.1 Å². The number of carbonyl (C=O) groups is 11. The third kappa shape index (κ3) is 24.8. The monoisotopic (exact) mass is 1570 g/mol. The van der Waals surface area contributed by atoms with E-state index in [0.717, 1.165) is 23.6 Å². The summed E-state index contributed by atoms with van der Waals surface area (Å²) in [6, 6.07) is 26.3. The number of aliphatic hydroxyl groups is 1. The molecule has 9 rings (SSSR count). The van der Waals surface area contributed by atoms with Gasteiger partial charge in [-0.05, 0) is 133 Å². The standard InChI is InChI=1S/C83H103ClN16O13/c1-6-7-35-87-83(86)88-36-15-14-23-64(82(113)100-37-16-24-72(100)81(112)91-49(4)73(85)104)93-74(105)65(38-48(2)3)94-78(109)69(43-56-45-89-62-21-12-10-19-60(56)62)97-77(108)68(41-52-28-33-59(103)34-29-52)96-80(111)71(47-101)99-79(110)70(44-57-46-90-63-22-13-11-20-61(57)63)98-76(107)67(40-51-26-31-58(84)32-27-51)95-75(106)66(92-50(5)102)42-53-25-30-54-17-8-9-18-55(54)39-53/h8-13,17-22,25-34,39,45-46,48-49,64-72,89-90,101,103H,6-7,14-16,23-24,35-38,40-44,47H2,1-5H3,(H2,85,104)(H,91,112)(H,92,102)(H,93,105)(H,94,109)(H,95,106)(H,96,111)(H,97,108)(H,98,107)(H,99,110)(H3,86,87,88)/t49-,64+,65+,66-,67-,68+,69-,70-,71+,72+/m1/s1. The number of amides is 11. The average molecular weight is 1570 g/mol. The maximum Gasteiger partial charge on any atom is 0.245 e. The van der Waals surface area contributed by atoms with E-state index < -0.39 is 132 Å². The van der Waals surface area contributed by atoms with E-state index in [2.05, 4.69) is 68.1 Å². The van der Waals surface area contributed by atoms with Crippen molar-refractivity contribution in [3.63, 3.8) is 0 Å². The molecule has 113 heavy (non-hydrogen) atoms. The van der Waals surface area contributed by atoms with Gasteiger partial charge in [-0.3, -0.25) is 57.7 Å². The van der Waals surface area contributed by atoms with Crippen LogP contribution in [0.5, 0.6) is 5.75 Å². The number of aromatic hydroxyl groups is 1. The van der Waals surface area contributed by atoms with Gasteiger partial charge in [0.25, 0.3) is 0 Å². The number of hydrogen-bond donors (Lipinski definition) is 16. The van der Waals surface area contributed by atoms with Gasteiger partial charge in [0.2, 0.25) is 65.0 Å². The van der Waals surface area contributed by atoms with Crippen LogP contribution in [-0.2, 0) is 84.8 Å². The van der Waals surface area contributed by atoms with Crippen LogP contribution in [0.1, 0.15) is 114 Å². The van der Waals surface area contributed by atoms with E-state index >= 15 is 24.0 Å². The summed E-state index contributed by atoms with van der Waals surface area (Å²) < 4.78 is 0. The lowest BCUT2D eigenvalue weighted by Crippen LogP contribution is -2.62. The van der Waals surface area contributed by atoms with E-state index in [0.29, 0.717) is 87.0 Å². The van der Waals surface area contributed by atoms with E-state index in [1.807, 2.05) is 87.5 Å². The number of halogens is 1. The second-order valence-electron chi connectivity index (χ2n) is 29.1. The lowest BCUT2D eigenvalue weighted by Gasteiger charge is -2.31. The number of guanidine groups is 1. The number of aromatic nitrogens is 2. The van der Waals surface area contributed by atoms with E-state index in [1.165, 1.54) is 43.0 Å². The number of para-hydroxylation sites is 2. The number of carbonyl (C=O) groups excluding carboxylic acids is 11. The van der Waals surface area contributed by atoms with Gasteiger partial charge < -0.3 is 89.7 Å². The van der Waals surface area contributed by atoms with Gasteiger partial charge in [-0.15, -0.1) is 0 Å². The Hall–Kier alpha value is -11.9. The number of primary amides is 1. The molecule has 0 aliphatic carbocycles. The number of aromatic amines is 2. The molecule has 10 atom stereocenters. The first kappa shape index (κ1) is 85.2. The summed E-state index contributed by atoms with van der Waals surface area (Å²) in [7, 11) is 0. The number of nitrogens with two attached hydrogens (primary N) is 2. The van der Waals surface area contributed by atoms with E-state index in [1.54, 1.807) is 60.9 Å². The molecule has 18 N–H and O–H groups in total. The van der Waals surface area contributed by atoms with Crippen LogP contribution in [0.4, 0.5) is 0 Å². The lowest BCUT2D eigenvalue weighted by atomic mass is 9.99. The number of likely N-dealkylation sites (tertiary alicyclic amines) is 1. The Morgan fingerprint density at radius 1 is 0.540 bits per heavy atom. The molecule has 0 radical (unpaired) electrons. The van der Waals surface area contributed by atoms with Gasteiger partial charge in [0.15, 0.2) is 5.96 Å². The van der Waals surface area contributed by atoms with Gasteiger partial charge in [-0.2, -0.15) is 0 Å². The number of rotatable bonds is 40. The minimum atomic E-state index is -1.83. The summed E-state index contributed by atoms with van der Waals surface area (Å²) in [4.78, 5) is 171. The zero-order chi connectivity index (χ0) is 81.3. The molecule has 30 heteroatoms. The number of H-pyrrole nitrogens is 2. The number of nitrogens with one attached hydrogen (secondary N) is 12. The number of benzene rings is 6. The maximum atomic E-state index is 15.4. The Labute approximate surface area is 660 Å². The van der Waals surface area contributed by atoms with Crippen LogP contribution < -0.4 is 64.6 Å². The molecule has 0 spiro atoms. The molecule has 600 valence electrons. The molecule has 3 heterocycles. The smallest absolute Gasteiger partial charge is 0.245 e. The SMILES string of the molecule is CCCCN=C(N)NCCCC[C@H](NC(=O)[C@H](CC(C)C)NC(=O)[C@@H](Cc1c[nH]c2ccccc12)NC(=O)[C@H](Cc1ccc(O)cc1)NC(=O)[C@H](CO)NC(=O)[C@@H](Cc1c[nH]c2ccccc12)NC(=O)[C@@H](Cc1ccc(Cl)cc1)NC(=O)[C@@H](Cc1ccc2ccccc2c1)NC(C)=O)C(=O)N1CCC[C@H]1C(=O)N[C@H](C)C(N)=O. The van der Waals surface area contributed by atoms with Gasteiger partial charge >= 0.3 is 0 Å². The molecule has 1 aliphatic heterocycles. The minimum Gasteiger partial charge on any atom is -0.508 e. The molecule has 6 aromatic carbocycles. The van der Waals surface area contributed by atoms with E-state index in [9.17, 15) is 39.0 Å². The van der Waals surface area contributed by atoms with Crippen LogP contribution in [0.15, 0.2) is 157 Å². The molecule has 2 aromatic heterocycles. The number of fused-ring (bicyclic) bond motifs is 3. The normalized spacial score (nSPS) is 15.3. The van der Waals surface area contributed by atoms with Crippen LogP contribution in [0.3, 0.4) is 0 Å². The molecular formula is C83H103ClN16O13. The second-order valence-corrected chi connectivity index (χ2v) is 29.5. The number of hydrogen-bond acceptors (Lipinski definition) is 14. The van der Waals surface area contributed by atoms with Crippen LogP contribution in [0.25, 0.3) is 32.6 Å². The average Bonchev–Trinajstić information content (AvgIpc) is 1.76. The fraction of sp³-hybridized carbons (Fsp3) is 0.398. The second kappa shape index (κ2) is 41.4. The van der Waals surface area contributed by atoms with Gasteiger partial charge in [0.05, 0.1) is 6.61 Å². The predicted molar refractivity (Wildman–Crippen MR) is 431 cm³/mol. The Balaban J connectivity index is 0.979. The Bertz CT molecular complexity index is 4680. The largest absolute Gasteiger partial charge is 0.508 e. The lowest BCUT2D eigenvalue weighted by molar-refractivity contribution is -0.142. The summed E-state index contributed by atoms with van der Waals surface area (Å²) in [5.74, 6) is -8.75. The molecule has 0 saturated carbocycles. The molecule has 8 aromatic rings. The Morgan fingerprint density at radius 3 is 1.55 bits per heavy atom. The first-order chi connectivity index (χ1) is 54.2. The van der Waals surface area contributed by atoms with Crippen molar-refractivity contribution >= 4 is 115 Å². The number of aliphatic hydroxyl groups excluding tert-OH is 1. The summed E-state index contributed by atoms with van der Waals surface area (Å²) >= 11 is 6.30. The first-order valence-electron chi connectivity index (χ1n) is 38.3. The highest BCUT2D eigenvalue weighted by molar-refractivity contribution is 6.30. The maximum absolute atomic E-state index is 15.4. The zero-order valence-electron chi connectivity index (χ0n) is 64.1. The van der Waals surface area contributed by atoms with Crippen molar-refractivity contribution in [2.24, 2.45) is 22.4 Å². The highest BCUT2D eigenvalue weighted by atomic mass is 35.5. The van der Waals surface area contributed by atoms with Crippen molar-refractivity contribution in [3.8, 4) is 5.75 Å². The topological polar surface area (TPSA) is 448 Å². The van der Waals surface area contributed by atoms with Crippen LogP contribution >= 0.6 is 11.6 Å². The first-order valence-corrected chi connectivity index (χ1v) is 38.7. The quantitative estimate of drug-likeness (QED) is 0.0143. The highest BCUT2D eigenvalue weighted by Crippen LogP contribution is 2.25.